The van der Waals surface area contributed by atoms with E-state index in [4.69, 9.17) is 14.2 Å². The molecule has 1 saturated heterocycles. The van der Waals surface area contributed by atoms with E-state index >= 15 is 0 Å². The number of ketones is 1. The standard InChI is InChI=1S/C30H31NO6/c1-4-18-37-23-13-10-21(11-14-23)28(32)26-27(22-12-15-24(35-2)25(19-22)36-3)31(30(34)29(26)33)17-16-20-8-6-5-7-9-20/h5-15,19,27,32H,4,16-18H2,1-3H3/b28-26+. The SMILES string of the molecule is CCCOc1ccc(/C(O)=C2\C(=O)C(=O)N(CCc3ccccc3)C2c2ccc(OC)c(OC)c2)cc1. The molecular weight excluding hydrogens is 470 g/mol. The van der Waals surface area contributed by atoms with Crippen LogP contribution in [0.4, 0.5) is 0 Å². The third-order valence-corrected chi connectivity index (χ3v) is 6.35. The van der Waals surface area contributed by atoms with Gasteiger partial charge in [-0.05, 0) is 60.4 Å². The number of ether oxygens (including phenoxy) is 3. The number of amides is 1. The maximum absolute atomic E-state index is 13.3. The average Bonchev–Trinajstić information content (AvgIpc) is 3.20. The van der Waals surface area contributed by atoms with E-state index in [-0.39, 0.29) is 11.3 Å². The van der Waals surface area contributed by atoms with Gasteiger partial charge in [-0.1, -0.05) is 43.3 Å². The molecule has 7 heteroatoms. The molecule has 0 radical (unpaired) electrons. The fraction of sp³-hybridized carbons (Fsp3) is 0.267. The second-order valence-electron chi connectivity index (χ2n) is 8.72. The highest BCUT2D eigenvalue weighted by Gasteiger charge is 2.46. The van der Waals surface area contributed by atoms with Gasteiger partial charge >= 0.3 is 0 Å². The van der Waals surface area contributed by atoms with E-state index in [0.717, 1.165) is 12.0 Å². The zero-order valence-corrected chi connectivity index (χ0v) is 21.3. The maximum atomic E-state index is 13.3. The number of rotatable bonds is 10. The first-order valence-corrected chi connectivity index (χ1v) is 12.3. The first kappa shape index (κ1) is 25.8. The van der Waals surface area contributed by atoms with Gasteiger partial charge in [0, 0.05) is 12.1 Å². The summed E-state index contributed by atoms with van der Waals surface area (Å²) >= 11 is 0. The Kier molecular flexibility index (Phi) is 8.13. The Morgan fingerprint density at radius 1 is 0.919 bits per heavy atom. The molecule has 1 heterocycles. The second kappa shape index (κ2) is 11.6. The molecule has 1 N–H and O–H groups in total. The van der Waals surface area contributed by atoms with Gasteiger partial charge in [0.1, 0.15) is 11.5 Å². The molecule has 1 atom stereocenters. The van der Waals surface area contributed by atoms with Crippen LogP contribution in [0, 0.1) is 0 Å². The molecule has 0 saturated carbocycles. The molecule has 0 aromatic heterocycles. The van der Waals surface area contributed by atoms with Crippen LogP contribution in [0.5, 0.6) is 17.2 Å². The molecule has 1 aliphatic heterocycles. The summed E-state index contributed by atoms with van der Waals surface area (Å²) in [5, 5.41) is 11.3. The van der Waals surface area contributed by atoms with Crippen LogP contribution in [0.15, 0.2) is 78.4 Å². The quantitative estimate of drug-likeness (QED) is 0.235. The zero-order valence-electron chi connectivity index (χ0n) is 21.3. The average molecular weight is 502 g/mol. The summed E-state index contributed by atoms with van der Waals surface area (Å²) < 4.78 is 16.5. The highest BCUT2D eigenvalue weighted by atomic mass is 16.5. The smallest absolute Gasteiger partial charge is 0.295 e. The van der Waals surface area contributed by atoms with Crippen molar-refractivity contribution in [1.29, 1.82) is 0 Å². The van der Waals surface area contributed by atoms with Crippen molar-refractivity contribution in [3.63, 3.8) is 0 Å². The van der Waals surface area contributed by atoms with Crippen LogP contribution in [0.2, 0.25) is 0 Å². The molecule has 3 aromatic carbocycles. The van der Waals surface area contributed by atoms with Crippen molar-refractivity contribution in [2.24, 2.45) is 0 Å². The Morgan fingerprint density at radius 2 is 1.62 bits per heavy atom. The van der Waals surface area contributed by atoms with Gasteiger partial charge in [0.15, 0.2) is 11.5 Å². The molecule has 37 heavy (non-hydrogen) atoms. The summed E-state index contributed by atoms with van der Waals surface area (Å²) in [6, 6.07) is 21.0. The Morgan fingerprint density at radius 3 is 2.27 bits per heavy atom. The minimum absolute atomic E-state index is 0.0347. The monoisotopic (exact) mass is 501 g/mol. The van der Waals surface area contributed by atoms with Crippen molar-refractivity contribution in [3.05, 3.63) is 95.1 Å². The molecule has 192 valence electrons. The molecule has 1 aliphatic rings. The number of aliphatic hydroxyl groups is 1. The number of carbonyl (C=O) groups excluding carboxylic acids is 2. The van der Waals surface area contributed by atoms with E-state index in [2.05, 4.69) is 0 Å². The third-order valence-electron chi connectivity index (χ3n) is 6.35. The first-order chi connectivity index (χ1) is 18.0. The number of hydrogen-bond donors (Lipinski definition) is 1. The van der Waals surface area contributed by atoms with Crippen LogP contribution < -0.4 is 14.2 Å². The van der Waals surface area contributed by atoms with Crippen LogP contribution in [0.1, 0.15) is 36.1 Å². The number of hydrogen-bond acceptors (Lipinski definition) is 6. The lowest BCUT2D eigenvalue weighted by Gasteiger charge is -2.26. The molecule has 7 nitrogen and oxygen atoms in total. The van der Waals surface area contributed by atoms with Crippen LogP contribution in [-0.2, 0) is 16.0 Å². The molecule has 1 amide bonds. The fourth-order valence-corrected chi connectivity index (χ4v) is 4.46. The molecule has 1 unspecified atom stereocenters. The third kappa shape index (κ3) is 5.45. The summed E-state index contributed by atoms with van der Waals surface area (Å²) in [7, 11) is 3.06. The summed E-state index contributed by atoms with van der Waals surface area (Å²) in [6.07, 6.45) is 1.43. The number of benzene rings is 3. The van der Waals surface area contributed by atoms with Crippen LogP contribution in [-0.4, -0.2) is 49.1 Å². The van der Waals surface area contributed by atoms with Gasteiger partial charge < -0.3 is 24.2 Å². The predicted molar refractivity (Wildman–Crippen MR) is 141 cm³/mol. The van der Waals surface area contributed by atoms with E-state index < -0.39 is 17.7 Å². The van der Waals surface area contributed by atoms with Gasteiger partial charge in [0.2, 0.25) is 0 Å². The second-order valence-corrected chi connectivity index (χ2v) is 8.72. The van der Waals surface area contributed by atoms with Crippen molar-refractivity contribution < 1.29 is 28.9 Å². The number of aliphatic hydroxyl groups excluding tert-OH is 1. The Balaban J connectivity index is 1.77. The zero-order chi connectivity index (χ0) is 26.4. The van der Waals surface area contributed by atoms with Crippen molar-refractivity contribution >= 4 is 17.4 Å². The van der Waals surface area contributed by atoms with Gasteiger partial charge in [0.05, 0.1) is 32.4 Å². The van der Waals surface area contributed by atoms with Crippen molar-refractivity contribution in [2.45, 2.75) is 25.8 Å². The van der Waals surface area contributed by atoms with E-state index in [9.17, 15) is 14.7 Å². The summed E-state index contributed by atoms with van der Waals surface area (Å²) in [5.74, 6) is 0.0404. The van der Waals surface area contributed by atoms with Gasteiger partial charge in [-0.2, -0.15) is 0 Å². The van der Waals surface area contributed by atoms with E-state index in [1.807, 2.05) is 37.3 Å². The molecule has 0 bridgehead atoms. The molecule has 3 aromatic rings. The summed E-state index contributed by atoms with van der Waals surface area (Å²) in [5.41, 5.74) is 2.13. The molecular formula is C30H31NO6. The number of nitrogens with zero attached hydrogens (tertiary/aromatic N) is 1. The van der Waals surface area contributed by atoms with Gasteiger partial charge in [-0.3, -0.25) is 9.59 Å². The number of Topliss-reactive ketones (excluding diaryl/α,β-unsaturated/α-hetero) is 1. The van der Waals surface area contributed by atoms with Gasteiger partial charge in [-0.15, -0.1) is 0 Å². The van der Waals surface area contributed by atoms with E-state index in [1.54, 1.807) is 42.5 Å². The number of likely N-dealkylation sites (tertiary alicyclic amines) is 1. The Hall–Kier alpha value is -4.26. The lowest BCUT2D eigenvalue weighted by molar-refractivity contribution is -0.139. The van der Waals surface area contributed by atoms with Crippen molar-refractivity contribution in [2.75, 3.05) is 27.4 Å². The predicted octanol–water partition coefficient (Wildman–Crippen LogP) is 5.16. The van der Waals surface area contributed by atoms with Crippen molar-refractivity contribution in [3.8, 4) is 17.2 Å². The minimum Gasteiger partial charge on any atom is -0.507 e. The highest BCUT2D eigenvalue weighted by molar-refractivity contribution is 6.46. The largest absolute Gasteiger partial charge is 0.507 e. The molecule has 0 aliphatic carbocycles. The lowest BCUT2D eigenvalue weighted by atomic mass is 9.94. The summed E-state index contributed by atoms with van der Waals surface area (Å²) in [4.78, 5) is 28.1. The van der Waals surface area contributed by atoms with Crippen LogP contribution in [0.25, 0.3) is 5.76 Å². The van der Waals surface area contributed by atoms with E-state index in [0.29, 0.717) is 47.9 Å². The fourth-order valence-electron chi connectivity index (χ4n) is 4.46. The van der Waals surface area contributed by atoms with Crippen molar-refractivity contribution in [1.82, 2.24) is 4.90 Å². The maximum Gasteiger partial charge on any atom is 0.295 e. The molecule has 4 rings (SSSR count). The Bertz CT molecular complexity index is 1280. The summed E-state index contributed by atoms with van der Waals surface area (Å²) in [6.45, 7) is 2.90. The Labute approximate surface area is 216 Å². The van der Waals surface area contributed by atoms with Crippen LogP contribution in [0.3, 0.4) is 0 Å². The normalized spacial score (nSPS) is 16.6. The molecule has 0 spiro atoms. The topological polar surface area (TPSA) is 85.3 Å². The highest BCUT2D eigenvalue weighted by Crippen LogP contribution is 2.42. The number of methoxy groups -OCH3 is 2. The first-order valence-electron chi connectivity index (χ1n) is 12.3. The van der Waals surface area contributed by atoms with Gasteiger partial charge in [0.25, 0.3) is 11.7 Å². The number of carbonyl (C=O) groups is 2. The van der Waals surface area contributed by atoms with Gasteiger partial charge in [-0.25, -0.2) is 0 Å². The minimum atomic E-state index is -0.792. The van der Waals surface area contributed by atoms with E-state index in [1.165, 1.54) is 19.1 Å². The van der Waals surface area contributed by atoms with Crippen LogP contribution >= 0.6 is 0 Å². The lowest BCUT2D eigenvalue weighted by Crippen LogP contribution is -2.31. The molecule has 1 fully saturated rings.